The van der Waals surface area contributed by atoms with Crippen LogP contribution in [0.2, 0.25) is 0 Å². The second-order valence-electron chi connectivity index (χ2n) is 8.22. The van der Waals surface area contributed by atoms with Gasteiger partial charge in [0.25, 0.3) is 5.89 Å². The summed E-state index contributed by atoms with van der Waals surface area (Å²) in [4.78, 5) is 13.6. The van der Waals surface area contributed by atoms with Crippen molar-refractivity contribution in [3.05, 3.63) is 24.2 Å². The summed E-state index contributed by atoms with van der Waals surface area (Å²) in [6, 6.07) is 3.97. The van der Waals surface area contributed by atoms with Crippen molar-refractivity contribution in [2.24, 2.45) is 11.8 Å². The summed E-state index contributed by atoms with van der Waals surface area (Å²) in [7, 11) is 4.31. The van der Waals surface area contributed by atoms with Crippen molar-refractivity contribution >= 4 is 5.82 Å². The number of fused-ring (bicyclic) bond motifs is 1. The van der Waals surface area contributed by atoms with Crippen LogP contribution in [0.3, 0.4) is 0 Å². The Labute approximate surface area is 153 Å². The number of anilines is 1. The molecule has 5 rings (SSSR count). The molecule has 0 N–H and O–H groups in total. The summed E-state index contributed by atoms with van der Waals surface area (Å²) in [6.07, 6.45) is 4.62. The molecular weight excluding hydrogens is 330 g/mol. The smallest absolute Gasteiger partial charge is 0.258 e. The monoisotopic (exact) mass is 355 g/mol. The van der Waals surface area contributed by atoms with E-state index in [9.17, 15) is 0 Å². The number of pyridine rings is 1. The zero-order valence-corrected chi connectivity index (χ0v) is 15.6. The molecule has 0 unspecified atom stereocenters. The molecule has 7 heteroatoms. The Morgan fingerprint density at radius 1 is 1.38 bits per heavy atom. The highest BCUT2D eigenvalue weighted by Gasteiger charge is 2.63. The number of aryl methyl sites for hydroxylation is 1. The van der Waals surface area contributed by atoms with Gasteiger partial charge in [0.15, 0.2) is 5.82 Å². The molecule has 2 bridgehead atoms. The first kappa shape index (κ1) is 16.2. The van der Waals surface area contributed by atoms with Gasteiger partial charge in [-0.25, -0.2) is 4.98 Å². The van der Waals surface area contributed by atoms with Gasteiger partial charge in [0.05, 0.1) is 11.7 Å². The molecule has 0 amide bonds. The average Bonchev–Trinajstić information content (AvgIpc) is 3.36. The van der Waals surface area contributed by atoms with Gasteiger partial charge < -0.3 is 19.1 Å². The maximum absolute atomic E-state index is 6.53. The highest BCUT2D eigenvalue weighted by atomic mass is 16.5. The van der Waals surface area contributed by atoms with E-state index in [-0.39, 0.29) is 5.60 Å². The van der Waals surface area contributed by atoms with Gasteiger partial charge in [0, 0.05) is 43.2 Å². The van der Waals surface area contributed by atoms with Crippen molar-refractivity contribution in [2.45, 2.75) is 31.5 Å². The number of aromatic nitrogens is 3. The van der Waals surface area contributed by atoms with E-state index in [1.165, 1.54) is 12.8 Å². The molecule has 1 spiro atoms. The molecule has 4 atom stereocenters. The van der Waals surface area contributed by atoms with Crippen molar-refractivity contribution < 1.29 is 9.26 Å². The summed E-state index contributed by atoms with van der Waals surface area (Å²) in [5.41, 5.74) is 0.935. The van der Waals surface area contributed by atoms with Crippen LogP contribution in [0.1, 0.15) is 18.7 Å². The molecule has 0 aromatic carbocycles. The fourth-order valence-corrected chi connectivity index (χ4v) is 5.17. The Balaban J connectivity index is 1.41. The predicted molar refractivity (Wildman–Crippen MR) is 96.9 cm³/mol. The highest BCUT2D eigenvalue weighted by Crippen LogP contribution is 2.55. The van der Waals surface area contributed by atoms with Crippen LogP contribution in [0.25, 0.3) is 11.5 Å². The number of rotatable bonds is 4. The first-order valence-corrected chi connectivity index (χ1v) is 9.38. The third-order valence-corrected chi connectivity index (χ3v) is 6.20. The van der Waals surface area contributed by atoms with Gasteiger partial charge in [0.1, 0.15) is 5.82 Å². The molecular formula is C19H25N5O2. The zero-order valence-electron chi connectivity index (χ0n) is 15.6. The third-order valence-electron chi connectivity index (χ3n) is 6.20. The van der Waals surface area contributed by atoms with E-state index in [0.717, 1.165) is 31.0 Å². The molecule has 26 heavy (non-hydrogen) atoms. The Bertz CT molecular complexity index is 822. The lowest BCUT2D eigenvalue weighted by atomic mass is 9.73. The molecule has 0 aliphatic carbocycles. The third kappa shape index (κ3) is 2.45. The van der Waals surface area contributed by atoms with Gasteiger partial charge in [-0.15, -0.1) is 0 Å². The lowest BCUT2D eigenvalue weighted by Gasteiger charge is -2.30. The zero-order chi connectivity index (χ0) is 17.9. The minimum Gasteiger partial charge on any atom is -0.369 e. The maximum atomic E-state index is 6.53. The van der Waals surface area contributed by atoms with Crippen LogP contribution in [0.15, 0.2) is 22.9 Å². The van der Waals surface area contributed by atoms with Gasteiger partial charge in [-0.05, 0) is 46.0 Å². The number of nitrogens with zero attached hydrogens (tertiary/aromatic N) is 5. The summed E-state index contributed by atoms with van der Waals surface area (Å²) < 4.78 is 11.8. The Kier molecular flexibility index (Phi) is 3.59. The summed E-state index contributed by atoms with van der Waals surface area (Å²) in [5, 5.41) is 3.89. The summed E-state index contributed by atoms with van der Waals surface area (Å²) >= 11 is 0. The van der Waals surface area contributed by atoms with Crippen LogP contribution >= 0.6 is 0 Å². The van der Waals surface area contributed by atoms with E-state index >= 15 is 0 Å². The second-order valence-corrected chi connectivity index (χ2v) is 8.22. The molecule has 3 saturated heterocycles. The van der Waals surface area contributed by atoms with Crippen LogP contribution in [-0.4, -0.2) is 65.5 Å². The highest BCUT2D eigenvalue weighted by molar-refractivity contribution is 5.59. The van der Waals surface area contributed by atoms with Crippen molar-refractivity contribution in [1.29, 1.82) is 0 Å². The van der Waals surface area contributed by atoms with E-state index in [1.807, 2.05) is 19.2 Å². The van der Waals surface area contributed by atoms with Gasteiger partial charge in [0.2, 0.25) is 0 Å². The molecule has 5 heterocycles. The molecule has 2 aromatic rings. The van der Waals surface area contributed by atoms with Crippen LogP contribution in [0.4, 0.5) is 5.82 Å². The van der Waals surface area contributed by atoms with Crippen LogP contribution in [0.5, 0.6) is 0 Å². The quantitative estimate of drug-likeness (QED) is 0.831. The maximum Gasteiger partial charge on any atom is 0.258 e. The molecule has 3 aliphatic heterocycles. The van der Waals surface area contributed by atoms with E-state index in [4.69, 9.17) is 9.26 Å². The minimum absolute atomic E-state index is 0.0180. The van der Waals surface area contributed by atoms with E-state index in [1.54, 1.807) is 0 Å². The minimum atomic E-state index is 0.0180. The van der Waals surface area contributed by atoms with Crippen molar-refractivity contribution in [3.63, 3.8) is 0 Å². The van der Waals surface area contributed by atoms with Crippen LogP contribution in [0, 0.1) is 18.8 Å². The summed E-state index contributed by atoms with van der Waals surface area (Å²) in [5.74, 6) is 3.36. The lowest BCUT2D eigenvalue weighted by molar-refractivity contribution is 0.0136. The number of ether oxygens (including phenoxy) is 1. The molecule has 3 fully saturated rings. The SMILES string of the molecule is Cc1noc(-c2ccnc(N3C[C@H]4[C@@H](CN(C)C)[C@@H]5CC[C@@]4(C3)O5)c2)n1. The Morgan fingerprint density at radius 3 is 3.04 bits per heavy atom. The number of hydrogen-bond acceptors (Lipinski definition) is 7. The Hall–Kier alpha value is -1.99. The van der Waals surface area contributed by atoms with E-state index in [0.29, 0.717) is 29.7 Å². The fourth-order valence-electron chi connectivity index (χ4n) is 5.17. The lowest BCUT2D eigenvalue weighted by Crippen LogP contribution is -2.40. The normalized spacial score (nSPS) is 32.6. The Morgan fingerprint density at radius 2 is 2.27 bits per heavy atom. The van der Waals surface area contributed by atoms with Crippen LogP contribution in [-0.2, 0) is 4.74 Å². The molecule has 0 radical (unpaired) electrons. The van der Waals surface area contributed by atoms with Crippen molar-refractivity contribution in [3.8, 4) is 11.5 Å². The standard InChI is InChI=1S/C19H25N5O2/c1-12-21-18(26-22-12)13-5-7-20-17(8-13)24-10-15-14(9-23(2)3)16-4-6-19(15,11-24)25-16/h5,7-8,14-16H,4,6,9-11H2,1-3H3/t14-,15+,16+,19+/m1/s1. The van der Waals surface area contributed by atoms with E-state index in [2.05, 4.69) is 45.1 Å². The largest absolute Gasteiger partial charge is 0.369 e. The van der Waals surface area contributed by atoms with Gasteiger partial charge in [-0.3, -0.25) is 0 Å². The average molecular weight is 355 g/mol. The molecule has 3 aliphatic rings. The number of hydrogen-bond donors (Lipinski definition) is 0. The van der Waals surface area contributed by atoms with Crippen molar-refractivity contribution in [1.82, 2.24) is 20.0 Å². The topological polar surface area (TPSA) is 67.5 Å². The second kappa shape index (κ2) is 5.76. The van der Waals surface area contributed by atoms with Gasteiger partial charge >= 0.3 is 0 Å². The first-order valence-electron chi connectivity index (χ1n) is 9.38. The van der Waals surface area contributed by atoms with Crippen LogP contribution < -0.4 is 4.90 Å². The molecule has 138 valence electrons. The molecule has 7 nitrogen and oxygen atoms in total. The van der Waals surface area contributed by atoms with Crippen molar-refractivity contribution in [2.75, 3.05) is 38.6 Å². The van der Waals surface area contributed by atoms with Gasteiger partial charge in [-0.2, -0.15) is 4.98 Å². The first-order chi connectivity index (χ1) is 12.5. The molecule has 2 aromatic heterocycles. The summed E-state index contributed by atoms with van der Waals surface area (Å²) in [6.45, 7) is 4.86. The fraction of sp³-hybridized carbons (Fsp3) is 0.632. The molecule has 0 saturated carbocycles. The predicted octanol–water partition coefficient (Wildman–Crippen LogP) is 1.99. The van der Waals surface area contributed by atoms with Gasteiger partial charge in [-0.1, -0.05) is 5.16 Å². The van der Waals surface area contributed by atoms with E-state index < -0.39 is 0 Å².